The van der Waals surface area contributed by atoms with Crippen LogP contribution in [0.15, 0.2) is 66.7 Å². The van der Waals surface area contributed by atoms with E-state index in [9.17, 15) is 4.79 Å². The molecule has 0 amide bonds. The third-order valence-electron chi connectivity index (χ3n) is 3.73. The van der Waals surface area contributed by atoms with Crippen molar-refractivity contribution >= 4 is 28.1 Å². The van der Waals surface area contributed by atoms with Crippen LogP contribution in [-0.2, 0) is 0 Å². The maximum Gasteiger partial charge on any atom is 0.150 e. The molecule has 0 aliphatic heterocycles. The number of rotatable bonds is 2. The van der Waals surface area contributed by atoms with Crippen molar-refractivity contribution in [3.63, 3.8) is 0 Å². The summed E-state index contributed by atoms with van der Waals surface area (Å²) in [7, 11) is 0. The number of para-hydroxylation sites is 1. The van der Waals surface area contributed by atoms with Gasteiger partial charge >= 0.3 is 0 Å². The smallest absolute Gasteiger partial charge is 0.150 e. The Balaban J connectivity index is 2.11. The molecule has 0 saturated carbocycles. The predicted molar refractivity (Wildman–Crippen MR) is 86.6 cm³/mol. The first kappa shape index (κ1) is 9.94. The molecule has 0 atom stereocenters. The molecule has 0 spiro atoms. The van der Waals surface area contributed by atoms with Crippen molar-refractivity contribution in [3.05, 3.63) is 72.3 Å². The number of aromatic nitrogens is 1. The molecule has 100 valence electrons. The van der Waals surface area contributed by atoms with Crippen LogP contribution in [0.4, 0.5) is 0 Å². The highest BCUT2D eigenvalue weighted by atomic mass is 16.1. The fourth-order valence-corrected chi connectivity index (χ4v) is 2.81. The zero-order valence-electron chi connectivity index (χ0n) is 13.2. The summed E-state index contributed by atoms with van der Waals surface area (Å²) in [4.78, 5) is 14.8. The number of carbonyl (C=O) groups excluding carboxylic acids is 1. The van der Waals surface area contributed by atoms with Gasteiger partial charge in [0.1, 0.15) is 7.63 Å². The molecule has 0 aliphatic rings. The van der Waals surface area contributed by atoms with Crippen LogP contribution in [0.2, 0.25) is 0 Å². The van der Waals surface area contributed by atoms with Crippen LogP contribution in [0.25, 0.3) is 32.9 Å². The first-order chi connectivity index (χ1) is 11.2. The van der Waals surface area contributed by atoms with Gasteiger partial charge in [0.15, 0.2) is 0 Å². The van der Waals surface area contributed by atoms with Crippen molar-refractivity contribution in [1.82, 2.24) is 4.98 Å². The Morgan fingerprint density at radius 3 is 2.67 bits per heavy atom. The number of benzene rings is 3. The molecule has 2 heteroatoms. The van der Waals surface area contributed by atoms with E-state index in [4.69, 9.17) is 2.74 Å². The summed E-state index contributed by atoms with van der Waals surface area (Å²) >= 11 is 0. The van der Waals surface area contributed by atoms with Crippen LogP contribution < -0.4 is 0 Å². The highest BCUT2D eigenvalue weighted by molar-refractivity contribution is 6.14. The number of nitrogens with one attached hydrogen (secondary N) is 1. The largest absolute Gasteiger partial charge is 0.354 e. The average Bonchev–Trinajstić information content (AvgIpc) is 2.93. The number of fused-ring (bicyclic) bond motifs is 3. The second-order valence-corrected chi connectivity index (χ2v) is 4.98. The zero-order valence-corrected chi connectivity index (χ0v) is 11.2. The molecule has 0 bridgehead atoms. The maximum atomic E-state index is 11.4. The van der Waals surface area contributed by atoms with E-state index in [1.165, 1.54) is 6.07 Å². The molecule has 0 saturated heterocycles. The molecule has 0 unspecified atom stereocenters. The molecular formula is C19H13NO. The third-order valence-corrected chi connectivity index (χ3v) is 3.73. The SMILES string of the molecule is [2H]C(=O)c1cccc(-c2cccc3[nH]c4ccccc4c23)c1[2H]. The summed E-state index contributed by atoms with van der Waals surface area (Å²) in [5, 5.41) is 2.12. The Hall–Kier alpha value is -2.87. The maximum absolute atomic E-state index is 11.4. The molecule has 1 N–H and O–H groups in total. The van der Waals surface area contributed by atoms with Crippen LogP contribution >= 0.6 is 0 Å². The van der Waals surface area contributed by atoms with E-state index < -0.39 is 6.26 Å². The van der Waals surface area contributed by atoms with Crippen molar-refractivity contribution in [2.45, 2.75) is 0 Å². The molecule has 2 nitrogen and oxygen atoms in total. The van der Waals surface area contributed by atoms with Crippen molar-refractivity contribution in [3.8, 4) is 11.1 Å². The van der Waals surface area contributed by atoms with E-state index in [1.807, 2.05) is 48.5 Å². The van der Waals surface area contributed by atoms with Gasteiger partial charge in [-0.2, -0.15) is 0 Å². The molecule has 3 aromatic carbocycles. The number of hydrogen-bond acceptors (Lipinski definition) is 1. The van der Waals surface area contributed by atoms with E-state index >= 15 is 0 Å². The van der Waals surface area contributed by atoms with Crippen LogP contribution in [-0.4, -0.2) is 11.2 Å². The van der Waals surface area contributed by atoms with Crippen LogP contribution in [0.3, 0.4) is 0 Å². The lowest BCUT2D eigenvalue weighted by Crippen LogP contribution is -1.83. The van der Waals surface area contributed by atoms with Crippen LogP contribution in [0.1, 0.15) is 13.1 Å². The first-order valence-electron chi connectivity index (χ1n) is 7.77. The molecule has 1 aromatic heterocycles. The molecule has 21 heavy (non-hydrogen) atoms. The van der Waals surface area contributed by atoms with E-state index in [2.05, 4.69) is 4.98 Å². The van der Waals surface area contributed by atoms with E-state index in [0.717, 1.165) is 27.4 Å². The number of hydrogen-bond donors (Lipinski definition) is 1. The summed E-state index contributed by atoms with van der Waals surface area (Å²) in [5.74, 6) is 0. The lowest BCUT2D eigenvalue weighted by atomic mass is 9.98. The minimum atomic E-state index is -0.831. The molecule has 4 rings (SSSR count). The minimum Gasteiger partial charge on any atom is -0.354 e. The van der Waals surface area contributed by atoms with Gasteiger partial charge in [-0.25, -0.2) is 0 Å². The number of aromatic amines is 1. The lowest BCUT2D eigenvalue weighted by molar-refractivity contribution is 0.112. The summed E-state index contributed by atoms with van der Waals surface area (Å²) in [5.41, 5.74) is 3.71. The Bertz CT molecular complexity index is 1070. The lowest BCUT2D eigenvalue weighted by Gasteiger charge is -2.05. The van der Waals surface area contributed by atoms with Gasteiger partial charge in [-0.05, 0) is 29.3 Å². The summed E-state index contributed by atoms with van der Waals surface area (Å²) in [6.07, 6.45) is -0.831. The van der Waals surface area contributed by atoms with Crippen LogP contribution in [0.5, 0.6) is 0 Å². The summed E-state index contributed by atoms with van der Waals surface area (Å²) in [6, 6.07) is 19.1. The number of carbonyl (C=O) groups is 1. The molecule has 0 fully saturated rings. The Labute approximate surface area is 124 Å². The fraction of sp³-hybridized carbons (Fsp3) is 0. The highest BCUT2D eigenvalue weighted by Gasteiger charge is 2.09. The van der Waals surface area contributed by atoms with E-state index in [1.54, 1.807) is 6.07 Å². The topological polar surface area (TPSA) is 32.9 Å². The first-order valence-corrected chi connectivity index (χ1v) is 6.77. The average molecular weight is 273 g/mol. The van der Waals surface area contributed by atoms with Gasteiger partial charge in [0.2, 0.25) is 0 Å². The van der Waals surface area contributed by atoms with Gasteiger partial charge in [-0.3, -0.25) is 4.79 Å². The van der Waals surface area contributed by atoms with Gasteiger partial charge in [0.05, 0.1) is 1.37 Å². The molecule has 0 radical (unpaired) electrons. The Morgan fingerprint density at radius 1 is 0.952 bits per heavy atom. The molecular weight excluding hydrogens is 258 g/mol. The second kappa shape index (κ2) is 4.60. The summed E-state index contributed by atoms with van der Waals surface area (Å²) < 4.78 is 15.6. The highest BCUT2D eigenvalue weighted by Crippen LogP contribution is 2.34. The fourth-order valence-electron chi connectivity index (χ4n) is 2.81. The van der Waals surface area contributed by atoms with Gasteiger partial charge in [-0.1, -0.05) is 48.5 Å². The third kappa shape index (κ3) is 1.84. The Kier molecular flexibility index (Phi) is 2.18. The van der Waals surface area contributed by atoms with Gasteiger partial charge in [0.25, 0.3) is 0 Å². The Morgan fingerprint density at radius 2 is 1.76 bits per heavy atom. The van der Waals surface area contributed by atoms with Gasteiger partial charge < -0.3 is 4.98 Å². The van der Waals surface area contributed by atoms with Gasteiger partial charge in [0, 0.05) is 27.4 Å². The van der Waals surface area contributed by atoms with Crippen molar-refractivity contribution in [2.75, 3.05) is 0 Å². The van der Waals surface area contributed by atoms with Crippen molar-refractivity contribution in [2.24, 2.45) is 0 Å². The quantitative estimate of drug-likeness (QED) is 0.523. The van der Waals surface area contributed by atoms with E-state index in [-0.39, 0.29) is 11.6 Å². The second-order valence-electron chi connectivity index (χ2n) is 4.98. The molecule has 0 aliphatic carbocycles. The van der Waals surface area contributed by atoms with E-state index in [0.29, 0.717) is 5.56 Å². The van der Waals surface area contributed by atoms with Gasteiger partial charge in [-0.15, -0.1) is 0 Å². The molecule has 4 aromatic rings. The zero-order chi connectivity index (χ0) is 16.0. The van der Waals surface area contributed by atoms with Crippen molar-refractivity contribution in [1.29, 1.82) is 0 Å². The normalized spacial score (nSPS) is 12.4. The van der Waals surface area contributed by atoms with Crippen LogP contribution in [0, 0.1) is 0 Å². The monoisotopic (exact) mass is 273 g/mol. The summed E-state index contributed by atoms with van der Waals surface area (Å²) in [6.45, 7) is 0. The predicted octanol–water partition coefficient (Wildman–Crippen LogP) is 4.80. The minimum absolute atomic E-state index is 0.102. The number of H-pyrrole nitrogens is 1. The standard InChI is InChI=1S/C19H13NO/c21-12-13-5-3-6-14(11-13)15-8-4-10-18-19(15)16-7-1-2-9-17(16)20-18/h1-12,20H/i11D,12D. The van der Waals surface area contributed by atoms with Crippen molar-refractivity contribution < 1.29 is 7.54 Å². The molecule has 1 heterocycles. The number of aldehydes is 1.